The summed E-state index contributed by atoms with van der Waals surface area (Å²) >= 11 is 0. The lowest BCUT2D eigenvalue weighted by Gasteiger charge is -2.15. The fourth-order valence-corrected chi connectivity index (χ4v) is 1.71. The van der Waals surface area contributed by atoms with Crippen LogP contribution in [0.5, 0.6) is 0 Å². The number of benzene rings is 1. The zero-order valence-corrected chi connectivity index (χ0v) is 11.8. The molecule has 1 rings (SSSR count). The second kappa shape index (κ2) is 8.06. The molecule has 20 heavy (non-hydrogen) atoms. The van der Waals surface area contributed by atoms with Crippen LogP contribution in [0.1, 0.15) is 29.3 Å². The normalized spacial score (nSPS) is 12.2. The second-order valence-electron chi connectivity index (χ2n) is 4.56. The maximum Gasteiger partial charge on any atom is 0.253 e. The molecule has 6 nitrogen and oxygen atoms in total. The highest BCUT2D eigenvalue weighted by Gasteiger charge is 2.13. The molecule has 0 aromatic heterocycles. The number of nitrogens with zero attached hydrogens (tertiary/aromatic N) is 1. The molecule has 1 aromatic carbocycles. The predicted molar refractivity (Wildman–Crippen MR) is 82.7 cm³/mol. The van der Waals surface area contributed by atoms with E-state index in [0.717, 1.165) is 18.2 Å². The molecule has 0 heterocycles. The zero-order chi connectivity index (χ0) is 15.0. The number of anilines is 1. The van der Waals surface area contributed by atoms with Crippen molar-refractivity contribution in [3.05, 3.63) is 29.3 Å². The molecule has 5 N–H and O–H groups in total. The number of nitrogens with one attached hydrogen (secondary N) is 3. The molecule has 0 bridgehead atoms. The molecule has 6 heteroatoms. The van der Waals surface area contributed by atoms with Gasteiger partial charge in [-0.3, -0.25) is 10.2 Å². The SMILES string of the molecule is Cc1ccc(N/N=C\C=N)c(C(=O)N[C@H](C)CCN)c1. The van der Waals surface area contributed by atoms with E-state index in [9.17, 15) is 4.79 Å². The average molecular weight is 275 g/mol. The van der Waals surface area contributed by atoms with E-state index < -0.39 is 0 Å². The number of hydrogen-bond donors (Lipinski definition) is 4. The smallest absolute Gasteiger partial charge is 0.253 e. The minimum Gasteiger partial charge on any atom is -0.349 e. The van der Waals surface area contributed by atoms with E-state index in [-0.39, 0.29) is 11.9 Å². The van der Waals surface area contributed by atoms with Gasteiger partial charge in [-0.15, -0.1) is 0 Å². The first-order chi connectivity index (χ1) is 9.58. The maximum atomic E-state index is 12.2. The van der Waals surface area contributed by atoms with Gasteiger partial charge >= 0.3 is 0 Å². The van der Waals surface area contributed by atoms with E-state index in [0.29, 0.717) is 17.8 Å². The minimum absolute atomic E-state index is 0.0194. The lowest BCUT2D eigenvalue weighted by molar-refractivity contribution is 0.0939. The number of carbonyl (C=O) groups excluding carboxylic acids is 1. The molecule has 1 aromatic rings. The van der Waals surface area contributed by atoms with Crippen molar-refractivity contribution in [1.82, 2.24) is 5.32 Å². The van der Waals surface area contributed by atoms with Crippen LogP contribution in [0, 0.1) is 12.3 Å². The van der Waals surface area contributed by atoms with Crippen molar-refractivity contribution in [2.45, 2.75) is 26.3 Å². The largest absolute Gasteiger partial charge is 0.349 e. The van der Waals surface area contributed by atoms with Gasteiger partial charge in [0.05, 0.1) is 17.5 Å². The van der Waals surface area contributed by atoms with Gasteiger partial charge in [0, 0.05) is 12.3 Å². The Bertz CT molecular complexity index is 498. The van der Waals surface area contributed by atoms with Gasteiger partial charge in [-0.1, -0.05) is 11.6 Å². The molecule has 0 saturated heterocycles. The maximum absolute atomic E-state index is 12.2. The van der Waals surface area contributed by atoms with Crippen LogP contribution in [0.2, 0.25) is 0 Å². The molecule has 1 amide bonds. The Kier molecular flexibility index (Phi) is 6.39. The van der Waals surface area contributed by atoms with Crippen LogP contribution in [0.15, 0.2) is 23.3 Å². The average Bonchev–Trinajstić information content (AvgIpc) is 2.40. The third-order valence-electron chi connectivity index (χ3n) is 2.73. The van der Waals surface area contributed by atoms with E-state index in [4.69, 9.17) is 11.1 Å². The standard InChI is InChI=1S/C14H21N5O/c1-10-3-4-13(19-17-8-7-16)12(9-10)14(20)18-11(2)5-6-15/h3-4,7-9,11,16,19H,5-6,15H2,1-2H3,(H,18,20)/b16-7?,17-8-/t11-/m1/s1. The molecular weight excluding hydrogens is 254 g/mol. The summed E-state index contributed by atoms with van der Waals surface area (Å²) in [4.78, 5) is 12.2. The summed E-state index contributed by atoms with van der Waals surface area (Å²) in [5, 5.41) is 13.6. The summed E-state index contributed by atoms with van der Waals surface area (Å²) in [6.07, 6.45) is 3.09. The van der Waals surface area contributed by atoms with Crippen molar-refractivity contribution in [1.29, 1.82) is 5.41 Å². The first-order valence-corrected chi connectivity index (χ1v) is 6.48. The van der Waals surface area contributed by atoms with E-state index in [1.807, 2.05) is 19.9 Å². The molecule has 1 atom stereocenters. The quantitative estimate of drug-likeness (QED) is 0.448. The number of carbonyl (C=O) groups is 1. The van der Waals surface area contributed by atoms with Crippen molar-refractivity contribution in [3.8, 4) is 0 Å². The summed E-state index contributed by atoms with van der Waals surface area (Å²) in [7, 11) is 0. The number of nitrogens with two attached hydrogens (primary N) is 1. The van der Waals surface area contributed by atoms with E-state index >= 15 is 0 Å². The second-order valence-corrected chi connectivity index (χ2v) is 4.56. The molecule has 0 fully saturated rings. The first kappa shape index (κ1) is 15.8. The van der Waals surface area contributed by atoms with Gasteiger partial charge in [0.2, 0.25) is 0 Å². The van der Waals surface area contributed by atoms with E-state index in [1.54, 1.807) is 12.1 Å². The lowest BCUT2D eigenvalue weighted by atomic mass is 10.1. The molecule has 108 valence electrons. The van der Waals surface area contributed by atoms with Crippen molar-refractivity contribution in [2.75, 3.05) is 12.0 Å². The van der Waals surface area contributed by atoms with Gasteiger partial charge < -0.3 is 16.5 Å². The topological polar surface area (TPSA) is 103 Å². The van der Waals surface area contributed by atoms with Gasteiger partial charge in [0.25, 0.3) is 5.91 Å². The van der Waals surface area contributed by atoms with Gasteiger partial charge in [-0.2, -0.15) is 5.10 Å². The number of hydrogen-bond acceptors (Lipinski definition) is 5. The Morgan fingerprint density at radius 1 is 1.55 bits per heavy atom. The van der Waals surface area contributed by atoms with Crippen LogP contribution in [0.3, 0.4) is 0 Å². The van der Waals surface area contributed by atoms with Crippen LogP contribution < -0.4 is 16.5 Å². The Hall–Kier alpha value is -2.21. The molecule has 0 unspecified atom stereocenters. The highest BCUT2D eigenvalue weighted by atomic mass is 16.1. The van der Waals surface area contributed by atoms with Gasteiger partial charge in [0.1, 0.15) is 0 Å². The number of rotatable bonds is 7. The molecular formula is C14H21N5O. The molecule has 0 saturated carbocycles. The Balaban J connectivity index is 2.90. The Morgan fingerprint density at radius 2 is 2.30 bits per heavy atom. The van der Waals surface area contributed by atoms with Crippen molar-refractivity contribution in [3.63, 3.8) is 0 Å². The monoisotopic (exact) mass is 275 g/mol. The Labute approximate surface area is 119 Å². The van der Waals surface area contributed by atoms with Crippen molar-refractivity contribution < 1.29 is 4.79 Å². The molecule has 0 spiro atoms. The molecule has 0 aliphatic rings. The van der Waals surface area contributed by atoms with Crippen LogP contribution in [-0.2, 0) is 0 Å². The van der Waals surface area contributed by atoms with Crippen LogP contribution in [-0.4, -0.2) is 30.9 Å². The summed E-state index contributed by atoms with van der Waals surface area (Å²) in [6, 6.07) is 5.50. The number of amides is 1. The Morgan fingerprint density at radius 3 is 2.95 bits per heavy atom. The number of hydrazone groups is 1. The summed E-state index contributed by atoms with van der Waals surface area (Å²) in [5.41, 5.74) is 10.4. The van der Waals surface area contributed by atoms with Crippen molar-refractivity contribution >= 4 is 24.0 Å². The van der Waals surface area contributed by atoms with Crippen molar-refractivity contribution in [2.24, 2.45) is 10.8 Å². The van der Waals surface area contributed by atoms with Gasteiger partial charge in [0.15, 0.2) is 0 Å². The van der Waals surface area contributed by atoms with Crippen LogP contribution in [0.4, 0.5) is 5.69 Å². The van der Waals surface area contributed by atoms with E-state index in [1.165, 1.54) is 6.21 Å². The first-order valence-electron chi connectivity index (χ1n) is 6.48. The van der Waals surface area contributed by atoms with Gasteiger partial charge in [-0.25, -0.2) is 0 Å². The van der Waals surface area contributed by atoms with Crippen LogP contribution in [0.25, 0.3) is 0 Å². The fraction of sp³-hybridized carbons (Fsp3) is 0.357. The van der Waals surface area contributed by atoms with Crippen LogP contribution >= 0.6 is 0 Å². The molecule has 0 aliphatic heterocycles. The summed E-state index contributed by atoms with van der Waals surface area (Å²) in [5.74, 6) is -0.165. The predicted octanol–water partition coefficient (Wildman–Crippen LogP) is 1.51. The summed E-state index contributed by atoms with van der Waals surface area (Å²) in [6.45, 7) is 4.37. The minimum atomic E-state index is -0.165. The third kappa shape index (κ3) is 4.81. The zero-order valence-electron chi connectivity index (χ0n) is 11.8. The van der Waals surface area contributed by atoms with Gasteiger partial charge in [-0.05, 0) is 38.9 Å². The third-order valence-corrected chi connectivity index (χ3v) is 2.73. The highest BCUT2D eigenvalue weighted by Crippen LogP contribution is 2.17. The summed E-state index contributed by atoms with van der Waals surface area (Å²) < 4.78 is 0. The fourth-order valence-electron chi connectivity index (χ4n) is 1.71. The lowest BCUT2D eigenvalue weighted by Crippen LogP contribution is -2.34. The number of aryl methyl sites for hydroxylation is 1. The highest BCUT2D eigenvalue weighted by molar-refractivity contribution is 6.14. The molecule has 0 aliphatic carbocycles. The molecule has 0 radical (unpaired) electrons. The van der Waals surface area contributed by atoms with E-state index in [2.05, 4.69) is 15.8 Å².